The summed E-state index contributed by atoms with van der Waals surface area (Å²) in [5.74, 6) is 2.56. The smallest absolute Gasteiger partial charge is 0 e. The van der Waals surface area contributed by atoms with Crippen molar-refractivity contribution in [2.24, 2.45) is 5.41 Å². The molecule has 6 heteroatoms. The molecular formula is C26H37Ga2S2Y2-4. The van der Waals surface area contributed by atoms with Gasteiger partial charge in [0.1, 0.15) is 0 Å². The fourth-order valence-corrected chi connectivity index (χ4v) is 5.96. The van der Waals surface area contributed by atoms with Gasteiger partial charge in [0, 0.05) is 85.2 Å². The van der Waals surface area contributed by atoms with Gasteiger partial charge in [-0.3, -0.25) is 0 Å². The summed E-state index contributed by atoms with van der Waals surface area (Å²) in [5.41, 5.74) is 3.01. The minimum absolute atomic E-state index is 0. The first-order chi connectivity index (χ1) is 13.3. The molecular weight excluding hydrogens is 694 g/mol. The van der Waals surface area contributed by atoms with E-state index in [1.165, 1.54) is 36.6 Å². The number of rotatable bonds is 9. The SMILES string of the molecule is C[CH-]C(C)(C)Cc1[c-]c(-c2sc(C(C)C)[c-]c2C[C](C)([Ga])[C-](C)C)sc1C(C)C.[Ga].[Y].[Y]. The third-order valence-corrected chi connectivity index (χ3v) is 10.6. The van der Waals surface area contributed by atoms with Gasteiger partial charge in [0.05, 0.1) is 0 Å². The van der Waals surface area contributed by atoms with E-state index in [9.17, 15) is 0 Å². The van der Waals surface area contributed by atoms with Gasteiger partial charge in [0.15, 0.2) is 0 Å². The van der Waals surface area contributed by atoms with Crippen molar-refractivity contribution in [3.05, 3.63) is 45.4 Å². The van der Waals surface area contributed by atoms with E-state index in [-0.39, 0.29) is 94.6 Å². The molecule has 169 valence electrons. The maximum Gasteiger partial charge on any atom is 0 e. The van der Waals surface area contributed by atoms with E-state index in [4.69, 9.17) is 0 Å². The van der Waals surface area contributed by atoms with Crippen molar-refractivity contribution in [1.82, 2.24) is 0 Å². The number of hydrogen-bond donors (Lipinski definition) is 0. The van der Waals surface area contributed by atoms with Crippen molar-refractivity contribution >= 4 is 61.1 Å². The summed E-state index contributed by atoms with van der Waals surface area (Å²) in [6, 6.07) is 7.67. The van der Waals surface area contributed by atoms with E-state index >= 15 is 0 Å². The van der Waals surface area contributed by atoms with Gasteiger partial charge in [-0.2, -0.15) is 0 Å². The Morgan fingerprint density at radius 1 is 0.938 bits per heavy atom. The first kappa shape index (κ1) is 37.0. The Bertz CT molecular complexity index is 818. The molecule has 0 aromatic carbocycles. The first-order valence-electron chi connectivity index (χ1n) is 10.8. The van der Waals surface area contributed by atoms with Crippen LogP contribution in [0.1, 0.15) is 102 Å². The van der Waals surface area contributed by atoms with Crippen LogP contribution in [-0.2, 0) is 78.3 Å². The molecule has 0 N–H and O–H groups in total. The maximum absolute atomic E-state index is 3.86. The minimum Gasteiger partial charge on any atom is 0 e. The van der Waals surface area contributed by atoms with Crippen molar-refractivity contribution in [3.8, 4) is 9.75 Å². The summed E-state index contributed by atoms with van der Waals surface area (Å²) in [6.45, 7) is 23.0. The standard InChI is InChI=1S/C26H37S2.2Ga.2Y/c1-11-26(9,10)15-21-14-23(28-24(21)18(6)7)25-20(12-19(8)16(2)3)13-22(27-25)17(4)5;;;;/h11,17-18H,12,15H2,1-10H3;;;;/q-4;;;;. The molecule has 2 rings (SSSR count). The van der Waals surface area contributed by atoms with Gasteiger partial charge in [-0.05, 0) is 0 Å². The fraction of sp³-hybridized carbons (Fsp3) is 0.615. The topological polar surface area (TPSA) is 0 Å². The van der Waals surface area contributed by atoms with Crippen LogP contribution in [0.25, 0.3) is 9.75 Å². The minimum atomic E-state index is 0. The number of thiophene rings is 2. The molecule has 7 radical (unpaired) electrons. The zero-order valence-corrected chi connectivity index (χ0v) is 33.9. The second kappa shape index (κ2) is 15.3. The largest absolute Gasteiger partial charge is 0 e. The van der Waals surface area contributed by atoms with Crippen molar-refractivity contribution in [1.29, 1.82) is 0 Å². The second-order valence-electron chi connectivity index (χ2n) is 10.2. The van der Waals surface area contributed by atoms with Crippen molar-refractivity contribution < 1.29 is 65.4 Å². The predicted molar refractivity (Wildman–Crippen MR) is 139 cm³/mol. The summed E-state index contributed by atoms with van der Waals surface area (Å²) in [5, 5.41) is 0. The molecule has 2 aromatic heterocycles. The average molecular weight is 731 g/mol. The van der Waals surface area contributed by atoms with Gasteiger partial charge in [-0.1, -0.05) is 0 Å². The second-order valence-corrected chi connectivity index (χ2v) is 14.9. The molecule has 32 heavy (non-hydrogen) atoms. The molecule has 0 saturated carbocycles. The summed E-state index contributed by atoms with van der Waals surface area (Å²) in [4.78, 5) is 5.62. The Morgan fingerprint density at radius 3 is 1.94 bits per heavy atom. The molecule has 0 aliphatic rings. The zero-order valence-electron chi connectivity index (χ0n) is 21.8. The van der Waals surface area contributed by atoms with Crippen LogP contribution in [0.4, 0.5) is 0 Å². The van der Waals surface area contributed by atoms with E-state index < -0.39 is 0 Å². The summed E-state index contributed by atoms with van der Waals surface area (Å²) in [7, 11) is 0. The summed E-state index contributed by atoms with van der Waals surface area (Å²) < 4.78 is 0.244. The molecule has 1 atom stereocenters. The van der Waals surface area contributed by atoms with Crippen LogP contribution >= 0.6 is 22.7 Å². The summed E-state index contributed by atoms with van der Waals surface area (Å²) >= 11 is 5.73. The maximum atomic E-state index is 3.86. The Balaban J connectivity index is 0. The molecule has 0 amide bonds. The molecule has 2 aromatic rings. The molecule has 0 saturated heterocycles. The average Bonchev–Trinajstić information content (AvgIpc) is 3.18. The van der Waals surface area contributed by atoms with Gasteiger partial charge in [0.2, 0.25) is 0 Å². The molecule has 0 nitrogen and oxygen atoms in total. The van der Waals surface area contributed by atoms with Crippen molar-refractivity contribution in [2.75, 3.05) is 0 Å². The van der Waals surface area contributed by atoms with Gasteiger partial charge < -0.3 is 0 Å². The van der Waals surface area contributed by atoms with Crippen LogP contribution in [0.15, 0.2) is 0 Å². The molecule has 0 aliphatic heterocycles. The van der Waals surface area contributed by atoms with E-state index in [2.05, 4.69) is 87.8 Å². The van der Waals surface area contributed by atoms with Crippen LogP contribution < -0.4 is 0 Å². The third-order valence-electron chi connectivity index (χ3n) is 5.89. The van der Waals surface area contributed by atoms with E-state index in [0.29, 0.717) is 11.8 Å². The van der Waals surface area contributed by atoms with Crippen LogP contribution in [0.5, 0.6) is 0 Å². The molecule has 0 aliphatic carbocycles. The molecule has 0 fully saturated rings. The monoisotopic (exact) mass is 729 g/mol. The van der Waals surface area contributed by atoms with Gasteiger partial charge in [-0.25, -0.2) is 0 Å². The van der Waals surface area contributed by atoms with Crippen LogP contribution in [0.3, 0.4) is 0 Å². The third kappa shape index (κ3) is 9.98. The first-order valence-corrected chi connectivity index (χ1v) is 13.6. The van der Waals surface area contributed by atoms with Gasteiger partial charge in [-0.15, -0.1) is 0 Å². The number of hydrogen-bond acceptors (Lipinski definition) is 2. The van der Waals surface area contributed by atoms with Crippen LogP contribution in [-0.4, -0.2) is 38.4 Å². The van der Waals surface area contributed by atoms with E-state index in [0.717, 1.165) is 12.8 Å². The molecule has 1 unspecified atom stereocenters. The van der Waals surface area contributed by atoms with Crippen molar-refractivity contribution in [3.63, 3.8) is 0 Å². The Morgan fingerprint density at radius 2 is 1.50 bits per heavy atom. The molecule has 2 heterocycles. The van der Waals surface area contributed by atoms with E-state index in [1.54, 1.807) is 0 Å². The Labute approximate surface area is 280 Å². The van der Waals surface area contributed by atoms with Gasteiger partial charge >= 0.3 is 200 Å². The fourth-order valence-electron chi connectivity index (χ4n) is 3.17. The van der Waals surface area contributed by atoms with Gasteiger partial charge in [0.25, 0.3) is 0 Å². The van der Waals surface area contributed by atoms with Crippen LogP contribution in [0, 0.1) is 29.9 Å². The van der Waals surface area contributed by atoms with Crippen LogP contribution in [0.2, 0.25) is 3.97 Å². The molecule has 0 bridgehead atoms. The van der Waals surface area contributed by atoms with Crippen molar-refractivity contribution in [2.45, 2.75) is 97.9 Å². The zero-order chi connectivity index (χ0) is 22.1. The normalized spacial score (nSPS) is 13.5. The predicted octanol–water partition coefficient (Wildman–Crippen LogP) is 8.23. The van der Waals surface area contributed by atoms with E-state index in [1.807, 2.05) is 41.3 Å². The Hall–Kier alpha value is 2.88. The quantitative estimate of drug-likeness (QED) is 0.180. The molecule has 0 spiro atoms. The summed E-state index contributed by atoms with van der Waals surface area (Å²) in [6.07, 6.45) is 4.46. The Kier molecular flexibility index (Phi) is 17.7.